The van der Waals surface area contributed by atoms with E-state index in [0.29, 0.717) is 5.92 Å². The molecular formula is C18H20. The average molecular weight is 236 g/mol. The highest BCUT2D eigenvalue weighted by Gasteiger charge is 2.30. The van der Waals surface area contributed by atoms with E-state index in [1.807, 2.05) is 0 Å². The van der Waals surface area contributed by atoms with Gasteiger partial charge in [-0.15, -0.1) is 0 Å². The van der Waals surface area contributed by atoms with E-state index in [0.717, 1.165) is 0 Å². The molecule has 1 atom stereocenters. The van der Waals surface area contributed by atoms with Gasteiger partial charge in [-0.1, -0.05) is 70.2 Å². The SMILES string of the molecule is CC1c2ccccc2-c2c1cccc2C(C)(C)C. The van der Waals surface area contributed by atoms with Crippen LogP contribution in [0.25, 0.3) is 11.1 Å². The molecule has 2 aromatic carbocycles. The molecule has 1 aliphatic carbocycles. The number of hydrogen-bond acceptors (Lipinski definition) is 0. The number of fused-ring (bicyclic) bond motifs is 3. The summed E-state index contributed by atoms with van der Waals surface area (Å²) >= 11 is 0. The molecule has 0 heterocycles. The fraction of sp³-hybridized carbons (Fsp3) is 0.333. The van der Waals surface area contributed by atoms with Gasteiger partial charge in [0.1, 0.15) is 0 Å². The Kier molecular flexibility index (Phi) is 2.38. The lowest BCUT2D eigenvalue weighted by atomic mass is 9.81. The van der Waals surface area contributed by atoms with Crippen molar-refractivity contribution in [1.82, 2.24) is 0 Å². The lowest BCUT2D eigenvalue weighted by Gasteiger charge is -2.23. The summed E-state index contributed by atoms with van der Waals surface area (Å²) in [5.41, 5.74) is 7.55. The molecule has 0 saturated carbocycles. The van der Waals surface area contributed by atoms with Gasteiger partial charge in [0.05, 0.1) is 0 Å². The molecule has 0 heteroatoms. The van der Waals surface area contributed by atoms with Crippen LogP contribution in [-0.2, 0) is 5.41 Å². The second-order valence-corrected chi connectivity index (χ2v) is 6.33. The normalized spacial score (nSPS) is 17.4. The van der Waals surface area contributed by atoms with Gasteiger partial charge >= 0.3 is 0 Å². The Morgan fingerprint density at radius 1 is 0.833 bits per heavy atom. The van der Waals surface area contributed by atoms with Crippen LogP contribution in [0.1, 0.15) is 50.3 Å². The molecule has 92 valence electrons. The summed E-state index contributed by atoms with van der Waals surface area (Å²) in [6, 6.07) is 15.6. The molecule has 0 spiro atoms. The van der Waals surface area contributed by atoms with E-state index >= 15 is 0 Å². The first-order chi connectivity index (χ1) is 8.50. The number of rotatable bonds is 0. The maximum absolute atomic E-state index is 2.32. The van der Waals surface area contributed by atoms with E-state index in [9.17, 15) is 0 Å². The van der Waals surface area contributed by atoms with Crippen molar-refractivity contribution < 1.29 is 0 Å². The van der Waals surface area contributed by atoms with E-state index in [1.165, 1.54) is 27.8 Å². The van der Waals surface area contributed by atoms with Crippen LogP contribution in [0.5, 0.6) is 0 Å². The number of benzene rings is 2. The third-order valence-electron chi connectivity index (χ3n) is 4.07. The van der Waals surface area contributed by atoms with Gasteiger partial charge in [-0.3, -0.25) is 0 Å². The molecular weight excluding hydrogens is 216 g/mol. The highest BCUT2D eigenvalue weighted by molar-refractivity contribution is 5.82. The lowest BCUT2D eigenvalue weighted by Crippen LogP contribution is -2.12. The van der Waals surface area contributed by atoms with Crippen LogP contribution in [0, 0.1) is 0 Å². The Balaban J connectivity index is 2.35. The maximum Gasteiger partial charge on any atom is 0.00734 e. The number of hydrogen-bond donors (Lipinski definition) is 0. The third kappa shape index (κ3) is 1.52. The molecule has 0 N–H and O–H groups in total. The van der Waals surface area contributed by atoms with E-state index in [2.05, 4.69) is 70.2 Å². The topological polar surface area (TPSA) is 0 Å². The molecule has 0 fully saturated rings. The zero-order chi connectivity index (χ0) is 12.9. The van der Waals surface area contributed by atoms with Crippen LogP contribution < -0.4 is 0 Å². The van der Waals surface area contributed by atoms with Gasteiger partial charge in [0.2, 0.25) is 0 Å². The Bertz CT molecular complexity index is 600. The van der Waals surface area contributed by atoms with Crippen LogP contribution in [0.3, 0.4) is 0 Å². The summed E-state index contributed by atoms with van der Waals surface area (Å²) in [6.07, 6.45) is 0. The van der Waals surface area contributed by atoms with Crippen molar-refractivity contribution in [3.05, 3.63) is 59.2 Å². The predicted octanol–water partition coefficient (Wildman–Crippen LogP) is 5.12. The second kappa shape index (κ2) is 3.71. The molecule has 0 aromatic heterocycles. The predicted molar refractivity (Wildman–Crippen MR) is 78.1 cm³/mol. The molecule has 3 rings (SSSR count). The molecule has 1 unspecified atom stereocenters. The molecule has 0 nitrogen and oxygen atoms in total. The summed E-state index contributed by atoms with van der Waals surface area (Å²) < 4.78 is 0. The quantitative estimate of drug-likeness (QED) is 0.596. The second-order valence-electron chi connectivity index (χ2n) is 6.33. The Morgan fingerprint density at radius 3 is 2.22 bits per heavy atom. The molecule has 0 amide bonds. The minimum Gasteiger partial charge on any atom is -0.0619 e. The largest absolute Gasteiger partial charge is 0.0619 e. The van der Waals surface area contributed by atoms with Gasteiger partial charge < -0.3 is 0 Å². The summed E-state index contributed by atoms with van der Waals surface area (Å²) in [7, 11) is 0. The summed E-state index contributed by atoms with van der Waals surface area (Å²) in [5.74, 6) is 0.526. The van der Waals surface area contributed by atoms with Crippen LogP contribution in [0.2, 0.25) is 0 Å². The summed E-state index contributed by atoms with van der Waals surface area (Å²) in [4.78, 5) is 0. The summed E-state index contributed by atoms with van der Waals surface area (Å²) in [5, 5.41) is 0. The van der Waals surface area contributed by atoms with Crippen molar-refractivity contribution in [2.24, 2.45) is 0 Å². The Hall–Kier alpha value is -1.56. The Morgan fingerprint density at radius 2 is 1.50 bits per heavy atom. The zero-order valence-electron chi connectivity index (χ0n) is 11.6. The van der Waals surface area contributed by atoms with Gasteiger partial charge in [-0.2, -0.15) is 0 Å². The first-order valence-electron chi connectivity index (χ1n) is 6.73. The van der Waals surface area contributed by atoms with E-state index in [1.54, 1.807) is 0 Å². The molecule has 0 radical (unpaired) electrons. The van der Waals surface area contributed by atoms with E-state index < -0.39 is 0 Å². The molecule has 0 saturated heterocycles. The van der Waals surface area contributed by atoms with Crippen molar-refractivity contribution in [3.8, 4) is 11.1 Å². The minimum atomic E-state index is 0.197. The van der Waals surface area contributed by atoms with E-state index in [-0.39, 0.29) is 5.41 Å². The zero-order valence-corrected chi connectivity index (χ0v) is 11.6. The van der Waals surface area contributed by atoms with Crippen LogP contribution in [0.4, 0.5) is 0 Å². The summed E-state index contributed by atoms with van der Waals surface area (Å²) in [6.45, 7) is 9.22. The van der Waals surface area contributed by atoms with Crippen molar-refractivity contribution in [1.29, 1.82) is 0 Å². The molecule has 18 heavy (non-hydrogen) atoms. The van der Waals surface area contributed by atoms with Gasteiger partial charge in [-0.25, -0.2) is 0 Å². The average Bonchev–Trinajstić information content (AvgIpc) is 2.63. The lowest BCUT2D eigenvalue weighted by molar-refractivity contribution is 0.591. The minimum absolute atomic E-state index is 0.197. The van der Waals surface area contributed by atoms with Gasteiger partial charge in [0.15, 0.2) is 0 Å². The molecule has 1 aliphatic rings. The van der Waals surface area contributed by atoms with Crippen LogP contribution in [0.15, 0.2) is 42.5 Å². The van der Waals surface area contributed by atoms with Gasteiger partial charge in [0, 0.05) is 5.92 Å². The molecule has 2 aromatic rings. The fourth-order valence-corrected chi connectivity index (χ4v) is 3.13. The fourth-order valence-electron chi connectivity index (χ4n) is 3.13. The molecule has 0 bridgehead atoms. The van der Waals surface area contributed by atoms with Crippen LogP contribution >= 0.6 is 0 Å². The van der Waals surface area contributed by atoms with Gasteiger partial charge in [0.25, 0.3) is 0 Å². The van der Waals surface area contributed by atoms with Crippen molar-refractivity contribution in [2.75, 3.05) is 0 Å². The standard InChI is InChI=1S/C18H20/c1-12-13-8-5-6-9-15(13)17-14(12)10-7-11-16(17)18(2,3)4/h5-12H,1-4H3. The highest BCUT2D eigenvalue weighted by atomic mass is 14.3. The molecule has 0 aliphatic heterocycles. The highest BCUT2D eigenvalue weighted by Crippen LogP contribution is 2.48. The smallest absolute Gasteiger partial charge is 0.00734 e. The van der Waals surface area contributed by atoms with Gasteiger partial charge in [-0.05, 0) is 33.2 Å². The van der Waals surface area contributed by atoms with E-state index in [4.69, 9.17) is 0 Å². The Labute approximate surface area is 110 Å². The maximum atomic E-state index is 2.32. The van der Waals surface area contributed by atoms with Crippen LogP contribution in [-0.4, -0.2) is 0 Å². The van der Waals surface area contributed by atoms with Crippen molar-refractivity contribution >= 4 is 0 Å². The van der Waals surface area contributed by atoms with Crippen molar-refractivity contribution in [2.45, 2.75) is 39.0 Å². The third-order valence-corrected chi connectivity index (χ3v) is 4.07. The monoisotopic (exact) mass is 236 g/mol. The first-order valence-corrected chi connectivity index (χ1v) is 6.73. The van der Waals surface area contributed by atoms with Crippen molar-refractivity contribution in [3.63, 3.8) is 0 Å². The first kappa shape index (κ1) is 11.5.